The monoisotopic (exact) mass is 382 g/mol. The van der Waals surface area contributed by atoms with Gasteiger partial charge in [0.05, 0.1) is 11.7 Å². The minimum absolute atomic E-state index is 0.0828. The fourth-order valence-electron chi connectivity index (χ4n) is 3.97. The van der Waals surface area contributed by atoms with E-state index in [4.69, 9.17) is 0 Å². The van der Waals surface area contributed by atoms with Crippen molar-refractivity contribution in [3.05, 3.63) is 41.2 Å². The topological polar surface area (TPSA) is 92.2 Å². The summed E-state index contributed by atoms with van der Waals surface area (Å²) in [6.07, 6.45) is 2.52. The Morgan fingerprint density at radius 2 is 1.86 bits per heavy atom. The van der Waals surface area contributed by atoms with Crippen LogP contribution in [0.4, 0.5) is 5.69 Å². The Bertz CT molecular complexity index is 869. The van der Waals surface area contributed by atoms with E-state index in [0.717, 1.165) is 42.9 Å². The van der Waals surface area contributed by atoms with E-state index in [1.807, 2.05) is 42.8 Å². The molecule has 3 heterocycles. The molecule has 28 heavy (non-hydrogen) atoms. The van der Waals surface area contributed by atoms with E-state index in [-0.39, 0.29) is 17.9 Å². The molecule has 4 rings (SSSR count). The second-order valence-corrected chi connectivity index (χ2v) is 7.59. The van der Waals surface area contributed by atoms with E-state index >= 15 is 0 Å². The van der Waals surface area contributed by atoms with Gasteiger partial charge in [0.2, 0.25) is 5.91 Å². The number of carbonyl (C=O) groups is 2. The second kappa shape index (κ2) is 7.71. The van der Waals surface area contributed by atoms with E-state index < -0.39 is 6.04 Å². The third kappa shape index (κ3) is 3.52. The number of benzene rings is 1. The number of aryl methyl sites for hydroxylation is 1. The first-order chi connectivity index (χ1) is 13.5. The third-order valence-electron chi connectivity index (χ3n) is 5.65. The minimum Gasteiger partial charge on any atom is -0.339 e. The normalized spacial score (nSPS) is 20.6. The molecule has 1 atom stereocenters. The molecule has 2 amide bonds. The number of piperidine rings is 1. The van der Waals surface area contributed by atoms with Gasteiger partial charge in [-0.25, -0.2) is 4.68 Å². The molecule has 8 heteroatoms. The van der Waals surface area contributed by atoms with E-state index in [1.165, 1.54) is 0 Å². The van der Waals surface area contributed by atoms with Crippen molar-refractivity contribution in [2.75, 3.05) is 24.5 Å². The van der Waals surface area contributed by atoms with Gasteiger partial charge in [0.1, 0.15) is 6.04 Å². The Morgan fingerprint density at radius 3 is 2.57 bits per heavy atom. The summed E-state index contributed by atoms with van der Waals surface area (Å²) in [4.78, 5) is 27.2. The number of amides is 2. The van der Waals surface area contributed by atoms with E-state index in [2.05, 4.69) is 20.9 Å². The number of hydrogen-bond donors (Lipinski definition) is 2. The first-order valence-electron chi connectivity index (χ1n) is 9.86. The first-order valence-corrected chi connectivity index (χ1v) is 9.86. The van der Waals surface area contributed by atoms with Crippen LogP contribution in [0.2, 0.25) is 0 Å². The van der Waals surface area contributed by atoms with Crippen LogP contribution < -0.4 is 15.5 Å². The molecule has 0 aliphatic carbocycles. The van der Waals surface area contributed by atoms with Gasteiger partial charge >= 0.3 is 0 Å². The molecule has 0 radical (unpaired) electrons. The highest BCUT2D eigenvalue weighted by Crippen LogP contribution is 2.23. The van der Waals surface area contributed by atoms with Gasteiger partial charge in [0.25, 0.3) is 5.91 Å². The largest absolute Gasteiger partial charge is 0.339 e. The van der Waals surface area contributed by atoms with Gasteiger partial charge < -0.3 is 15.5 Å². The molecule has 0 spiro atoms. The van der Waals surface area contributed by atoms with Gasteiger partial charge in [-0.3, -0.25) is 9.59 Å². The van der Waals surface area contributed by atoms with Crippen molar-refractivity contribution >= 4 is 17.5 Å². The van der Waals surface area contributed by atoms with Crippen LogP contribution in [0.25, 0.3) is 0 Å². The van der Waals surface area contributed by atoms with Gasteiger partial charge in [-0.05, 0) is 58.3 Å². The lowest BCUT2D eigenvalue weighted by Crippen LogP contribution is -2.42. The molecule has 1 aromatic heterocycles. The predicted molar refractivity (Wildman–Crippen MR) is 105 cm³/mol. The molecule has 2 N–H and O–H groups in total. The molecule has 1 aromatic carbocycles. The van der Waals surface area contributed by atoms with Gasteiger partial charge in [-0.2, -0.15) is 0 Å². The number of rotatable bonds is 4. The Morgan fingerprint density at radius 1 is 1.14 bits per heavy atom. The Labute approximate surface area is 164 Å². The van der Waals surface area contributed by atoms with Crippen LogP contribution in [0.5, 0.6) is 0 Å². The van der Waals surface area contributed by atoms with Crippen LogP contribution in [-0.4, -0.2) is 52.5 Å². The maximum atomic E-state index is 12.8. The van der Waals surface area contributed by atoms with Gasteiger partial charge in [-0.1, -0.05) is 22.9 Å². The highest BCUT2D eigenvalue weighted by atomic mass is 16.2. The highest BCUT2D eigenvalue weighted by Gasteiger charge is 2.34. The zero-order valence-electron chi connectivity index (χ0n) is 16.3. The maximum absolute atomic E-state index is 12.8. The second-order valence-electron chi connectivity index (χ2n) is 7.59. The Kier molecular flexibility index (Phi) is 5.13. The summed E-state index contributed by atoms with van der Waals surface area (Å²) in [5, 5.41) is 14.5. The molecule has 8 nitrogen and oxygen atoms in total. The molecular formula is C20H26N6O2. The average molecular weight is 382 g/mol. The summed E-state index contributed by atoms with van der Waals surface area (Å²) >= 11 is 0. The van der Waals surface area contributed by atoms with E-state index in [1.54, 1.807) is 4.90 Å². The van der Waals surface area contributed by atoms with Crippen molar-refractivity contribution in [3.63, 3.8) is 0 Å². The zero-order valence-corrected chi connectivity index (χ0v) is 16.3. The lowest BCUT2D eigenvalue weighted by molar-refractivity contribution is -0.118. The number of nitrogens with zero attached hydrogens (tertiary/aromatic N) is 4. The van der Waals surface area contributed by atoms with Crippen molar-refractivity contribution in [2.45, 2.75) is 45.2 Å². The molecule has 2 fully saturated rings. The molecule has 0 bridgehead atoms. The molecule has 2 aliphatic heterocycles. The van der Waals surface area contributed by atoms with Gasteiger partial charge in [-0.15, -0.1) is 5.10 Å². The van der Waals surface area contributed by atoms with Crippen molar-refractivity contribution in [3.8, 4) is 0 Å². The third-order valence-corrected chi connectivity index (χ3v) is 5.65. The average Bonchev–Trinajstić information content (AvgIpc) is 3.26. The van der Waals surface area contributed by atoms with Crippen molar-refractivity contribution in [2.24, 2.45) is 0 Å². The van der Waals surface area contributed by atoms with Crippen LogP contribution in [0, 0.1) is 13.8 Å². The number of carbonyl (C=O) groups excluding carboxylic acids is 2. The van der Waals surface area contributed by atoms with Crippen LogP contribution in [0.15, 0.2) is 24.3 Å². The van der Waals surface area contributed by atoms with Gasteiger partial charge in [0.15, 0.2) is 5.69 Å². The first kappa shape index (κ1) is 18.6. The maximum Gasteiger partial charge on any atom is 0.274 e. The Balaban J connectivity index is 1.43. The van der Waals surface area contributed by atoms with Crippen molar-refractivity contribution < 1.29 is 9.59 Å². The summed E-state index contributed by atoms with van der Waals surface area (Å²) in [7, 11) is 0. The minimum atomic E-state index is -0.530. The van der Waals surface area contributed by atoms with Crippen LogP contribution >= 0.6 is 0 Å². The molecule has 2 aromatic rings. The summed E-state index contributed by atoms with van der Waals surface area (Å²) in [5.41, 5.74) is 3.07. The molecular weight excluding hydrogens is 356 g/mol. The van der Waals surface area contributed by atoms with Crippen LogP contribution in [0.1, 0.15) is 47.1 Å². The lowest BCUT2D eigenvalue weighted by atomic mass is 10.1. The molecule has 1 unspecified atom stereocenters. The van der Waals surface area contributed by atoms with E-state index in [0.29, 0.717) is 18.7 Å². The fourth-order valence-corrected chi connectivity index (χ4v) is 3.97. The molecule has 0 saturated carbocycles. The zero-order chi connectivity index (χ0) is 19.7. The number of aromatic nitrogens is 3. The molecule has 2 aliphatic rings. The van der Waals surface area contributed by atoms with Crippen LogP contribution in [0.3, 0.4) is 0 Å². The molecule has 2 saturated heterocycles. The summed E-state index contributed by atoms with van der Waals surface area (Å²) < 4.78 is 1.85. The van der Waals surface area contributed by atoms with E-state index in [9.17, 15) is 9.59 Å². The number of anilines is 1. The lowest BCUT2D eigenvalue weighted by Gasteiger charge is -2.23. The summed E-state index contributed by atoms with van der Waals surface area (Å²) in [5.74, 6) is -0.414. The smallest absolute Gasteiger partial charge is 0.274 e. The SMILES string of the molecule is Cc1ccc(N2CCC(NC(=O)c3nnn(C4CCNCC4)c3C)C2=O)cc1. The number of hydrogen-bond acceptors (Lipinski definition) is 5. The van der Waals surface area contributed by atoms with Crippen molar-refractivity contribution in [1.29, 1.82) is 0 Å². The molecule has 148 valence electrons. The quantitative estimate of drug-likeness (QED) is 0.833. The van der Waals surface area contributed by atoms with Crippen molar-refractivity contribution in [1.82, 2.24) is 25.6 Å². The van der Waals surface area contributed by atoms with Gasteiger partial charge in [0, 0.05) is 12.2 Å². The summed E-state index contributed by atoms with van der Waals surface area (Å²) in [6, 6.07) is 7.57. The van der Waals surface area contributed by atoms with Crippen LogP contribution in [-0.2, 0) is 4.79 Å². The Hall–Kier alpha value is -2.74. The fraction of sp³-hybridized carbons (Fsp3) is 0.500. The highest BCUT2D eigenvalue weighted by molar-refractivity contribution is 6.03. The standard InChI is InChI=1S/C20H26N6O2/c1-13-3-5-15(6-4-13)25-12-9-17(20(25)28)22-19(27)18-14(2)26(24-23-18)16-7-10-21-11-8-16/h3-6,16-17,21H,7-12H2,1-2H3,(H,22,27). The summed E-state index contributed by atoms with van der Waals surface area (Å²) in [6.45, 7) is 6.35. The predicted octanol–water partition coefficient (Wildman–Crippen LogP) is 1.35. The number of nitrogens with one attached hydrogen (secondary N) is 2.